The van der Waals surface area contributed by atoms with Crippen molar-refractivity contribution in [2.75, 3.05) is 5.32 Å². The number of nitrogens with zero attached hydrogens (tertiary/aromatic N) is 4. The fraction of sp³-hybridized carbons (Fsp3) is 0.235. The maximum atomic E-state index is 12.9. The number of rotatable bonds is 5. The van der Waals surface area contributed by atoms with E-state index in [9.17, 15) is 9.59 Å². The van der Waals surface area contributed by atoms with Crippen LogP contribution < -0.4 is 10.9 Å². The highest BCUT2D eigenvalue weighted by Gasteiger charge is 2.14. The third-order valence-corrected chi connectivity index (χ3v) is 3.71. The highest BCUT2D eigenvalue weighted by atomic mass is 16.4. The Hall–Kier alpha value is -3.29. The molecule has 1 aromatic carbocycles. The number of anilines is 1. The van der Waals surface area contributed by atoms with Gasteiger partial charge in [0.05, 0.1) is 5.69 Å². The van der Waals surface area contributed by atoms with Crippen LogP contribution in [0.2, 0.25) is 0 Å². The van der Waals surface area contributed by atoms with Crippen LogP contribution in [0.3, 0.4) is 0 Å². The number of nitrogens with one attached hydrogen (secondary N) is 1. The fourth-order valence-corrected chi connectivity index (χ4v) is 2.54. The molecule has 0 fully saturated rings. The lowest BCUT2D eigenvalue weighted by atomic mass is 10.2. The van der Waals surface area contributed by atoms with Gasteiger partial charge in [-0.2, -0.15) is 0 Å². The number of hydrogen-bond acceptors (Lipinski definition) is 5. The second-order valence-corrected chi connectivity index (χ2v) is 5.48. The van der Waals surface area contributed by atoms with Crippen molar-refractivity contribution >= 4 is 22.9 Å². The van der Waals surface area contributed by atoms with E-state index in [1.54, 1.807) is 24.3 Å². The first-order valence-electron chi connectivity index (χ1n) is 7.93. The molecule has 25 heavy (non-hydrogen) atoms. The molecule has 0 spiro atoms. The zero-order chi connectivity index (χ0) is 17.8. The zero-order valence-electron chi connectivity index (χ0n) is 13.6. The summed E-state index contributed by atoms with van der Waals surface area (Å²) in [4.78, 5) is 36.3. The van der Waals surface area contributed by atoms with E-state index in [4.69, 9.17) is 5.11 Å². The summed E-state index contributed by atoms with van der Waals surface area (Å²) in [5.74, 6) is 0.610. The minimum absolute atomic E-state index is 0.204. The number of carbonyl (C=O) groups is 1. The van der Waals surface area contributed by atoms with Gasteiger partial charge in [-0.05, 0) is 30.7 Å². The van der Waals surface area contributed by atoms with Crippen molar-refractivity contribution in [2.24, 2.45) is 0 Å². The summed E-state index contributed by atoms with van der Waals surface area (Å²) in [5.41, 5.74) is 1.28. The standard InChI is InChI=1S/C17H17N5O3/c1-2-3-4-13-21-15-14(18-9-10-19-15)16(23)22(13)12-7-5-11(6-8-12)20-17(24)25/h5-10,20H,2-4H2,1H3,(H,24,25). The molecule has 0 saturated heterocycles. The Balaban J connectivity index is 2.14. The lowest BCUT2D eigenvalue weighted by Gasteiger charge is -2.13. The van der Waals surface area contributed by atoms with Crippen molar-refractivity contribution in [1.29, 1.82) is 0 Å². The Morgan fingerprint density at radius 1 is 1.20 bits per heavy atom. The first-order chi connectivity index (χ1) is 12.1. The van der Waals surface area contributed by atoms with Crippen molar-refractivity contribution in [3.63, 3.8) is 0 Å². The molecule has 2 heterocycles. The van der Waals surface area contributed by atoms with Gasteiger partial charge in [0.2, 0.25) is 0 Å². The van der Waals surface area contributed by atoms with E-state index in [1.807, 2.05) is 0 Å². The average molecular weight is 339 g/mol. The Kier molecular flexibility index (Phi) is 4.69. The van der Waals surface area contributed by atoms with E-state index in [1.165, 1.54) is 17.0 Å². The summed E-state index contributed by atoms with van der Waals surface area (Å²) in [6, 6.07) is 6.54. The van der Waals surface area contributed by atoms with Gasteiger partial charge in [0.15, 0.2) is 11.2 Å². The van der Waals surface area contributed by atoms with E-state index < -0.39 is 6.09 Å². The van der Waals surface area contributed by atoms with Gasteiger partial charge in [-0.3, -0.25) is 14.7 Å². The van der Waals surface area contributed by atoms with Gasteiger partial charge in [0, 0.05) is 24.5 Å². The number of benzene rings is 1. The summed E-state index contributed by atoms with van der Waals surface area (Å²) >= 11 is 0. The van der Waals surface area contributed by atoms with Gasteiger partial charge in [-0.25, -0.2) is 19.7 Å². The number of aromatic nitrogens is 4. The molecule has 2 aromatic heterocycles. The molecule has 8 heteroatoms. The summed E-state index contributed by atoms with van der Waals surface area (Å²) in [7, 11) is 0. The summed E-state index contributed by atoms with van der Waals surface area (Å²) < 4.78 is 1.51. The van der Waals surface area contributed by atoms with Gasteiger partial charge < -0.3 is 5.11 Å². The smallest absolute Gasteiger partial charge is 0.409 e. The minimum Gasteiger partial charge on any atom is -0.465 e. The van der Waals surface area contributed by atoms with Gasteiger partial charge in [-0.15, -0.1) is 0 Å². The second-order valence-electron chi connectivity index (χ2n) is 5.48. The van der Waals surface area contributed by atoms with Crippen LogP contribution in [0.1, 0.15) is 25.6 Å². The number of carboxylic acid groups (broad SMARTS) is 1. The molecular formula is C17H17N5O3. The van der Waals surface area contributed by atoms with Crippen LogP contribution in [-0.4, -0.2) is 30.7 Å². The largest absolute Gasteiger partial charge is 0.465 e. The first kappa shape index (κ1) is 16.6. The number of amides is 1. The first-order valence-corrected chi connectivity index (χ1v) is 7.93. The molecule has 0 aliphatic heterocycles. The Labute approximate surface area is 143 Å². The van der Waals surface area contributed by atoms with Crippen LogP contribution in [-0.2, 0) is 6.42 Å². The summed E-state index contributed by atoms with van der Waals surface area (Å²) in [5, 5.41) is 11.0. The molecule has 0 aliphatic carbocycles. The van der Waals surface area contributed by atoms with Crippen LogP contribution in [0.4, 0.5) is 10.5 Å². The highest BCUT2D eigenvalue weighted by Crippen LogP contribution is 2.16. The molecule has 8 nitrogen and oxygen atoms in total. The van der Waals surface area contributed by atoms with Crippen molar-refractivity contribution < 1.29 is 9.90 Å². The third-order valence-electron chi connectivity index (χ3n) is 3.71. The number of unbranched alkanes of at least 4 members (excludes halogenated alkanes) is 1. The number of fused-ring (bicyclic) bond motifs is 1. The van der Waals surface area contributed by atoms with Gasteiger partial charge >= 0.3 is 6.09 Å². The third kappa shape index (κ3) is 3.47. The van der Waals surface area contributed by atoms with Crippen LogP contribution in [0.5, 0.6) is 0 Å². The van der Waals surface area contributed by atoms with Crippen LogP contribution in [0, 0.1) is 0 Å². The molecule has 0 bridgehead atoms. The Morgan fingerprint density at radius 3 is 2.60 bits per heavy atom. The molecule has 0 radical (unpaired) electrons. The lowest BCUT2D eigenvalue weighted by Crippen LogP contribution is -2.25. The highest BCUT2D eigenvalue weighted by molar-refractivity contribution is 5.82. The van der Waals surface area contributed by atoms with Crippen LogP contribution >= 0.6 is 0 Å². The maximum Gasteiger partial charge on any atom is 0.409 e. The van der Waals surface area contributed by atoms with E-state index in [0.29, 0.717) is 29.3 Å². The Morgan fingerprint density at radius 2 is 1.92 bits per heavy atom. The van der Waals surface area contributed by atoms with Crippen molar-refractivity contribution in [1.82, 2.24) is 19.5 Å². The monoisotopic (exact) mass is 339 g/mol. The molecule has 2 N–H and O–H groups in total. The number of aryl methyl sites for hydroxylation is 1. The maximum absolute atomic E-state index is 12.9. The molecule has 1 amide bonds. The molecule has 128 valence electrons. The predicted octanol–water partition coefficient (Wildman–Crippen LogP) is 2.61. The lowest BCUT2D eigenvalue weighted by molar-refractivity contribution is 0.210. The summed E-state index contributed by atoms with van der Waals surface area (Å²) in [6.07, 6.45) is 4.31. The van der Waals surface area contributed by atoms with Crippen LogP contribution in [0.25, 0.3) is 16.9 Å². The van der Waals surface area contributed by atoms with Gasteiger partial charge in [0.1, 0.15) is 5.82 Å². The number of hydrogen-bond donors (Lipinski definition) is 2. The molecule has 3 rings (SSSR count). The normalized spacial score (nSPS) is 10.8. The predicted molar refractivity (Wildman–Crippen MR) is 93.2 cm³/mol. The molecular weight excluding hydrogens is 322 g/mol. The van der Waals surface area contributed by atoms with Gasteiger partial charge in [0.25, 0.3) is 5.56 Å². The molecule has 0 aliphatic rings. The van der Waals surface area contributed by atoms with Gasteiger partial charge in [-0.1, -0.05) is 13.3 Å². The second kappa shape index (κ2) is 7.08. The summed E-state index contributed by atoms with van der Waals surface area (Å²) in [6.45, 7) is 2.07. The van der Waals surface area contributed by atoms with E-state index in [0.717, 1.165) is 12.8 Å². The quantitative estimate of drug-likeness (QED) is 0.739. The Bertz CT molecular complexity index is 966. The fourth-order valence-electron chi connectivity index (χ4n) is 2.54. The topological polar surface area (TPSA) is 110 Å². The molecule has 0 atom stereocenters. The SMILES string of the molecule is CCCCc1nc2nccnc2c(=O)n1-c1ccc(NC(=O)O)cc1. The van der Waals surface area contributed by atoms with Crippen molar-refractivity contribution in [2.45, 2.75) is 26.2 Å². The zero-order valence-corrected chi connectivity index (χ0v) is 13.6. The van der Waals surface area contributed by atoms with E-state index in [2.05, 4.69) is 27.2 Å². The molecule has 0 saturated carbocycles. The minimum atomic E-state index is -1.14. The van der Waals surface area contributed by atoms with Crippen molar-refractivity contribution in [3.05, 3.63) is 52.8 Å². The van der Waals surface area contributed by atoms with Crippen molar-refractivity contribution in [3.8, 4) is 5.69 Å². The molecule has 0 unspecified atom stereocenters. The van der Waals surface area contributed by atoms with E-state index in [-0.39, 0.29) is 11.1 Å². The molecule has 3 aromatic rings. The average Bonchev–Trinajstić information content (AvgIpc) is 2.60. The van der Waals surface area contributed by atoms with Crippen LogP contribution in [0.15, 0.2) is 41.5 Å². The van der Waals surface area contributed by atoms with E-state index >= 15 is 0 Å².